The fraction of sp³-hybridized carbons (Fsp3) is 0.167. The van der Waals surface area contributed by atoms with Gasteiger partial charge < -0.3 is 9.73 Å². The second-order valence-corrected chi connectivity index (χ2v) is 3.47. The molecule has 0 saturated carbocycles. The quantitative estimate of drug-likeness (QED) is 0.661. The molecule has 0 radical (unpaired) electrons. The van der Waals surface area contributed by atoms with E-state index >= 15 is 0 Å². The maximum absolute atomic E-state index is 5.74. The van der Waals surface area contributed by atoms with Crippen molar-refractivity contribution in [3.05, 3.63) is 34.9 Å². The van der Waals surface area contributed by atoms with Crippen LogP contribution in [0.15, 0.2) is 28.7 Å². The van der Waals surface area contributed by atoms with Gasteiger partial charge >= 0.3 is 0 Å². The zero-order valence-electron chi connectivity index (χ0n) is 7.79. The topological polar surface area (TPSA) is 25.2 Å². The number of benzene rings is 1. The van der Waals surface area contributed by atoms with Crippen LogP contribution >= 0.6 is 0 Å². The van der Waals surface area contributed by atoms with Crippen LogP contribution in [0.25, 0.3) is 23.2 Å². The molecule has 2 heterocycles. The normalized spacial score (nSPS) is 14.9. The molecular formula is C12H11NO. The first-order valence-electron chi connectivity index (χ1n) is 4.86. The number of rotatable bonds is 0. The number of hydrogen-bond donors (Lipinski definition) is 1. The molecule has 2 nitrogen and oxygen atoms in total. The Labute approximate surface area is 81.5 Å². The van der Waals surface area contributed by atoms with Gasteiger partial charge in [-0.15, -0.1) is 0 Å². The van der Waals surface area contributed by atoms with Gasteiger partial charge in [0.1, 0.15) is 11.0 Å². The maximum atomic E-state index is 5.74. The summed E-state index contributed by atoms with van der Waals surface area (Å²) in [6.07, 6.45) is 5.21. The lowest BCUT2D eigenvalue weighted by Gasteiger charge is -1.91. The van der Waals surface area contributed by atoms with Crippen molar-refractivity contribution in [1.82, 2.24) is 5.32 Å². The highest BCUT2D eigenvalue weighted by atomic mass is 16.3. The molecule has 2 aromatic rings. The van der Waals surface area contributed by atoms with Crippen LogP contribution in [0, 0.1) is 0 Å². The van der Waals surface area contributed by atoms with Gasteiger partial charge in [0.25, 0.3) is 0 Å². The first-order valence-corrected chi connectivity index (χ1v) is 4.86. The fourth-order valence-corrected chi connectivity index (χ4v) is 1.85. The third-order valence-electron chi connectivity index (χ3n) is 2.53. The third-order valence-corrected chi connectivity index (χ3v) is 2.53. The van der Waals surface area contributed by atoms with Crippen molar-refractivity contribution in [2.24, 2.45) is 0 Å². The molecule has 14 heavy (non-hydrogen) atoms. The second kappa shape index (κ2) is 2.91. The molecule has 3 rings (SSSR count). The van der Waals surface area contributed by atoms with Crippen LogP contribution in [0.3, 0.4) is 0 Å². The number of para-hydroxylation sites is 1. The minimum absolute atomic E-state index is 0.966. The van der Waals surface area contributed by atoms with Gasteiger partial charge in [-0.05, 0) is 18.6 Å². The molecule has 1 aromatic carbocycles. The van der Waals surface area contributed by atoms with Crippen molar-refractivity contribution in [3.8, 4) is 0 Å². The molecule has 0 atom stereocenters. The summed E-state index contributed by atoms with van der Waals surface area (Å²) in [5, 5.41) is 5.63. The summed E-state index contributed by atoms with van der Waals surface area (Å²) in [6, 6.07) is 8.13. The maximum Gasteiger partial charge on any atom is 0.135 e. The molecule has 0 bridgehead atoms. The lowest BCUT2D eigenvalue weighted by atomic mass is 10.2. The molecule has 0 unspecified atom stereocenters. The Morgan fingerprint density at radius 2 is 2.14 bits per heavy atom. The molecule has 70 valence electrons. The number of hydrogen-bond acceptors (Lipinski definition) is 2. The van der Waals surface area contributed by atoms with Gasteiger partial charge in [-0.2, -0.15) is 0 Å². The SMILES string of the molecule is C1=c2oc3ccccc3c2=CNCC1. The molecule has 0 fully saturated rings. The van der Waals surface area contributed by atoms with Crippen LogP contribution in [0.5, 0.6) is 0 Å². The molecule has 0 spiro atoms. The second-order valence-electron chi connectivity index (χ2n) is 3.47. The molecular weight excluding hydrogens is 174 g/mol. The van der Waals surface area contributed by atoms with Crippen LogP contribution in [0.1, 0.15) is 6.42 Å². The summed E-state index contributed by atoms with van der Waals surface area (Å²) < 4.78 is 5.74. The van der Waals surface area contributed by atoms with Gasteiger partial charge in [0, 0.05) is 23.3 Å². The van der Waals surface area contributed by atoms with E-state index in [9.17, 15) is 0 Å². The van der Waals surface area contributed by atoms with Gasteiger partial charge in [0.15, 0.2) is 0 Å². The van der Waals surface area contributed by atoms with E-state index in [2.05, 4.69) is 17.5 Å². The van der Waals surface area contributed by atoms with Crippen molar-refractivity contribution in [2.75, 3.05) is 6.54 Å². The van der Waals surface area contributed by atoms with E-state index in [1.807, 2.05) is 24.4 Å². The van der Waals surface area contributed by atoms with E-state index in [-0.39, 0.29) is 0 Å². The molecule has 0 saturated heterocycles. The highest BCUT2D eigenvalue weighted by Crippen LogP contribution is 2.06. The molecule has 1 aliphatic rings. The van der Waals surface area contributed by atoms with E-state index in [1.165, 1.54) is 10.6 Å². The Hall–Kier alpha value is -1.70. The minimum Gasteiger partial charge on any atom is -0.456 e. The first-order chi connectivity index (χ1) is 6.95. The molecule has 1 N–H and O–H groups in total. The number of nitrogens with one attached hydrogen (secondary N) is 1. The lowest BCUT2D eigenvalue weighted by molar-refractivity contribution is 0.574. The summed E-state index contributed by atoms with van der Waals surface area (Å²) in [4.78, 5) is 0. The molecule has 1 aromatic heterocycles. The summed E-state index contributed by atoms with van der Waals surface area (Å²) in [7, 11) is 0. The lowest BCUT2D eigenvalue weighted by Crippen LogP contribution is -2.21. The van der Waals surface area contributed by atoms with Crippen LogP contribution in [-0.4, -0.2) is 6.54 Å². The molecule has 0 aliphatic carbocycles. The summed E-state index contributed by atoms with van der Waals surface area (Å²) in [5.41, 5.74) is 1.96. The number of fused-ring (bicyclic) bond motifs is 3. The smallest absolute Gasteiger partial charge is 0.135 e. The third kappa shape index (κ3) is 1.04. The van der Waals surface area contributed by atoms with Crippen molar-refractivity contribution in [3.63, 3.8) is 0 Å². The average Bonchev–Trinajstić information content (AvgIpc) is 2.42. The Bertz CT molecular complexity index is 580. The van der Waals surface area contributed by atoms with Gasteiger partial charge in [0.05, 0.1) is 0 Å². The van der Waals surface area contributed by atoms with E-state index in [1.54, 1.807) is 0 Å². The molecule has 0 amide bonds. The summed E-state index contributed by atoms with van der Waals surface area (Å²) >= 11 is 0. The fourth-order valence-electron chi connectivity index (χ4n) is 1.85. The Morgan fingerprint density at radius 3 is 3.14 bits per heavy atom. The Balaban J connectivity index is 2.53. The van der Waals surface area contributed by atoms with Gasteiger partial charge in [-0.3, -0.25) is 0 Å². The largest absolute Gasteiger partial charge is 0.456 e. The van der Waals surface area contributed by atoms with Crippen LogP contribution in [-0.2, 0) is 0 Å². The zero-order valence-corrected chi connectivity index (χ0v) is 7.79. The van der Waals surface area contributed by atoms with Gasteiger partial charge in [-0.25, -0.2) is 0 Å². The van der Waals surface area contributed by atoms with Crippen molar-refractivity contribution in [2.45, 2.75) is 6.42 Å². The standard InChI is InChI=1S/C12H11NO/c1-2-5-11-9(4-1)10-8-13-7-3-6-12(10)14-11/h1-2,4-6,8,13H,3,7H2. The van der Waals surface area contributed by atoms with Crippen molar-refractivity contribution >= 4 is 23.2 Å². The average molecular weight is 185 g/mol. The predicted molar refractivity (Wildman–Crippen MR) is 57.0 cm³/mol. The zero-order chi connectivity index (χ0) is 9.38. The van der Waals surface area contributed by atoms with Crippen LogP contribution in [0.2, 0.25) is 0 Å². The molecule has 2 heteroatoms. The predicted octanol–water partition coefficient (Wildman–Crippen LogP) is 0.945. The summed E-state index contributed by atoms with van der Waals surface area (Å²) in [6.45, 7) is 0.985. The Morgan fingerprint density at radius 1 is 1.21 bits per heavy atom. The Kier molecular flexibility index (Phi) is 1.60. The van der Waals surface area contributed by atoms with Gasteiger partial charge in [-0.1, -0.05) is 18.2 Å². The van der Waals surface area contributed by atoms with Crippen molar-refractivity contribution in [1.29, 1.82) is 0 Å². The minimum atomic E-state index is 0.966. The summed E-state index contributed by atoms with van der Waals surface area (Å²) in [5.74, 6) is 0. The monoisotopic (exact) mass is 185 g/mol. The van der Waals surface area contributed by atoms with Crippen LogP contribution < -0.4 is 16.0 Å². The first kappa shape index (κ1) is 7.68. The van der Waals surface area contributed by atoms with Gasteiger partial charge in [0.2, 0.25) is 0 Å². The highest BCUT2D eigenvalue weighted by Gasteiger charge is 2.02. The van der Waals surface area contributed by atoms with Crippen LogP contribution in [0.4, 0.5) is 0 Å². The van der Waals surface area contributed by atoms with E-state index in [4.69, 9.17) is 4.42 Å². The number of furan rings is 1. The van der Waals surface area contributed by atoms with E-state index in [0.717, 1.165) is 24.0 Å². The van der Waals surface area contributed by atoms with Crippen molar-refractivity contribution < 1.29 is 4.42 Å². The van der Waals surface area contributed by atoms with E-state index < -0.39 is 0 Å². The molecule has 1 aliphatic heterocycles. The van der Waals surface area contributed by atoms with E-state index in [0.29, 0.717) is 0 Å². The highest BCUT2D eigenvalue weighted by molar-refractivity contribution is 5.78.